The molecular weight excluding hydrogens is 232 g/mol. The van der Waals surface area contributed by atoms with Crippen molar-refractivity contribution in [2.24, 2.45) is 0 Å². The second-order valence-electron chi connectivity index (χ2n) is 4.43. The Kier molecular flexibility index (Phi) is 4.17. The van der Waals surface area contributed by atoms with Crippen LogP contribution in [0.5, 0.6) is 5.75 Å². The third-order valence-corrected chi connectivity index (χ3v) is 3.03. The summed E-state index contributed by atoms with van der Waals surface area (Å²) in [6, 6.07) is 7.22. The van der Waals surface area contributed by atoms with Crippen LogP contribution in [0.4, 0.5) is 0 Å². The van der Waals surface area contributed by atoms with Crippen LogP contribution in [-0.4, -0.2) is 43.4 Å². The van der Waals surface area contributed by atoms with Crippen LogP contribution in [0.25, 0.3) is 0 Å². The van der Waals surface area contributed by atoms with Crippen molar-refractivity contribution in [3.8, 4) is 5.75 Å². The van der Waals surface area contributed by atoms with Gasteiger partial charge >= 0.3 is 0 Å². The quantitative estimate of drug-likeness (QED) is 0.685. The van der Waals surface area contributed by atoms with Gasteiger partial charge < -0.3 is 20.5 Å². The average molecular weight is 250 g/mol. The minimum Gasteiger partial charge on any atom is -0.497 e. The molecule has 1 aromatic carbocycles. The van der Waals surface area contributed by atoms with Crippen LogP contribution in [0.15, 0.2) is 24.3 Å². The molecule has 5 nitrogen and oxygen atoms in total. The van der Waals surface area contributed by atoms with E-state index in [1.54, 1.807) is 7.11 Å². The third-order valence-electron chi connectivity index (χ3n) is 3.03. The lowest BCUT2D eigenvalue weighted by Gasteiger charge is -2.15. The fourth-order valence-corrected chi connectivity index (χ4v) is 2.04. The van der Waals surface area contributed by atoms with Crippen molar-refractivity contribution in [2.45, 2.75) is 18.6 Å². The first kappa shape index (κ1) is 12.9. The number of carbonyl (C=O) groups is 1. The second-order valence-corrected chi connectivity index (χ2v) is 4.43. The third kappa shape index (κ3) is 3.21. The maximum atomic E-state index is 11.8. The summed E-state index contributed by atoms with van der Waals surface area (Å²) >= 11 is 0. The molecule has 0 radical (unpaired) electrons. The van der Waals surface area contributed by atoms with E-state index >= 15 is 0 Å². The Morgan fingerprint density at radius 1 is 1.56 bits per heavy atom. The highest BCUT2D eigenvalue weighted by Crippen LogP contribution is 2.13. The fourth-order valence-electron chi connectivity index (χ4n) is 2.04. The Morgan fingerprint density at radius 2 is 2.39 bits per heavy atom. The number of ether oxygens (including phenoxy) is 1. The zero-order chi connectivity index (χ0) is 13.0. The number of hydrogen-bond acceptors (Lipinski definition) is 4. The van der Waals surface area contributed by atoms with E-state index in [4.69, 9.17) is 4.74 Å². The van der Waals surface area contributed by atoms with Crippen molar-refractivity contribution < 1.29 is 14.6 Å². The first-order valence-corrected chi connectivity index (χ1v) is 6.00. The first-order chi connectivity index (χ1) is 8.69. The van der Waals surface area contributed by atoms with Crippen molar-refractivity contribution in [1.29, 1.82) is 0 Å². The Morgan fingerprint density at radius 3 is 3.06 bits per heavy atom. The van der Waals surface area contributed by atoms with Gasteiger partial charge in [0.2, 0.25) is 5.91 Å². The number of β-amino-alcohol motifs (C(OH)–C–C–N with tert-alkyl or cyclic N) is 1. The van der Waals surface area contributed by atoms with Crippen LogP contribution < -0.4 is 15.4 Å². The number of methoxy groups -OCH3 is 1. The Labute approximate surface area is 106 Å². The zero-order valence-corrected chi connectivity index (χ0v) is 10.3. The van der Waals surface area contributed by atoms with E-state index in [9.17, 15) is 9.90 Å². The van der Waals surface area contributed by atoms with Crippen molar-refractivity contribution >= 4 is 5.91 Å². The summed E-state index contributed by atoms with van der Waals surface area (Å²) in [7, 11) is 1.60. The van der Waals surface area contributed by atoms with Crippen LogP contribution in [0.3, 0.4) is 0 Å². The molecule has 0 bridgehead atoms. The molecule has 5 heteroatoms. The van der Waals surface area contributed by atoms with Gasteiger partial charge in [-0.1, -0.05) is 12.1 Å². The molecule has 0 unspecified atom stereocenters. The van der Waals surface area contributed by atoms with E-state index in [1.165, 1.54) is 0 Å². The van der Waals surface area contributed by atoms with Gasteiger partial charge in [0, 0.05) is 13.1 Å². The highest BCUT2D eigenvalue weighted by Gasteiger charge is 2.26. The summed E-state index contributed by atoms with van der Waals surface area (Å²) in [6.07, 6.45) is -0.209. The van der Waals surface area contributed by atoms with Gasteiger partial charge in [-0.25, -0.2) is 0 Å². The minimum absolute atomic E-state index is 0.0870. The Balaban J connectivity index is 1.90. The first-order valence-electron chi connectivity index (χ1n) is 6.00. The predicted molar refractivity (Wildman–Crippen MR) is 67.5 cm³/mol. The molecule has 2 rings (SSSR count). The average Bonchev–Trinajstić information content (AvgIpc) is 2.75. The van der Waals surface area contributed by atoms with Crippen LogP contribution in [0.1, 0.15) is 5.56 Å². The lowest BCUT2D eigenvalue weighted by molar-refractivity contribution is -0.121. The molecule has 0 aliphatic carbocycles. The number of hydrogen-bond donors (Lipinski definition) is 3. The number of carbonyl (C=O) groups excluding carboxylic acids is 1. The van der Waals surface area contributed by atoms with E-state index in [0.29, 0.717) is 19.5 Å². The molecule has 0 saturated carbocycles. The van der Waals surface area contributed by atoms with Gasteiger partial charge in [0.25, 0.3) is 0 Å². The number of amides is 1. The Hall–Kier alpha value is -1.59. The number of aliphatic hydroxyl groups excluding tert-OH is 1. The molecule has 0 spiro atoms. The van der Waals surface area contributed by atoms with Crippen LogP contribution >= 0.6 is 0 Å². The zero-order valence-electron chi connectivity index (χ0n) is 10.3. The number of benzene rings is 1. The standard InChI is InChI=1S/C13H18N2O3/c1-18-10-4-2-3-9(5-10)6-13(17)15-11-7-14-8-12(11)16/h2-5,11-12,14,16H,6-8H2,1H3,(H,15,17)/t11-,12-/m1/s1. The monoisotopic (exact) mass is 250 g/mol. The molecule has 1 aliphatic heterocycles. The largest absolute Gasteiger partial charge is 0.497 e. The van der Waals surface area contributed by atoms with Crippen molar-refractivity contribution in [3.05, 3.63) is 29.8 Å². The SMILES string of the molecule is COc1cccc(CC(=O)N[C@@H]2CNC[C@H]2O)c1. The van der Waals surface area contributed by atoms with E-state index in [-0.39, 0.29) is 11.9 Å². The Bertz CT molecular complexity index is 422. The van der Waals surface area contributed by atoms with Gasteiger partial charge in [-0.15, -0.1) is 0 Å². The molecular formula is C13H18N2O3. The number of rotatable bonds is 4. The molecule has 1 saturated heterocycles. The van der Waals surface area contributed by atoms with Gasteiger partial charge in [-0.3, -0.25) is 4.79 Å². The summed E-state index contributed by atoms with van der Waals surface area (Å²) in [5.74, 6) is 0.652. The van der Waals surface area contributed by atoms with E-state index < -0.39 is 6.10 Å². The van der Waals surface area contributed by atoms with Crippen LogP contribution in [0.2, 0.25) is 0 Å². The van der Waals surface area contributed by atoms with E-state index in [1.807, 2.05) is 24.3 Å². The smallest absolute Gasteiger partial charge is 0.224 e. The van der Waals surface area contributed by atoms with Crippen LogP contribution in [-0.2, 0) is 11.2 Å². The van der Waals surface area contributed by atoms with Gasteiger partial charge in [0.05, 0.1) is 25.7 Å². The highest BCUT2D eigenvalue weighted by molar-refractivity contribution is 5.79. The predicted octanol–water partition coefficient (Wildman–Crippen LogP) is -0.313. The summed E-state index contributed by atoms with van der Waals surface area (Å²) in [5.41, 5.74) is 0.896. The van der Waals surface area contributed by atoms with Gasteiger partial charge in [-0.2, -0.15) is 0 Å². The second kappa shape index (κ2) is 5.84. The molecule has 1 amide bonds. The van der Waals surface area contributed by atoms with Crippen molar-refractivity contribution in [1.82, 2.24) is 10.6 Å². The molecule has 3 N–H and O–H groups in total. The maximum absolute atomic E-state index is 11.8. The molecule has 1 heterocycles. The lowest BCUT2D eigenvalue weighted by Crippen LogP contribution is -2.43. The molecule has 98 valence electrons. The number of aliphatic hydroxyl groups is 1. The molecule has 1 aliphatic rings. The van der Waals surface area contributed by atoms with Gasteiger partial charge in [0.15, 0.2) is 0 Å². The van der Waals surface area contributed by atoms with E-state index in [0.717, 1.165) is 11.3 Å². The maximum Gasteiger partial charge on any atom is 0.224 e. The number of nitrogens with one attached hydrogen (secondary N) is 2. The van der Waals surface area contributed by atoms with Crippen molar-refractivity contribution in [2.75, 3.05) is 20.2 Å². The molecule has 1 aromatic rings. The normalized spacial score (nSPS) is 22.8. The lowest BCUT2D eigenvalue weighted by atomic mass is 10.1. The van der Waals surface area contributed by atoms with Gasteiger partial charge in [-0.05, 0) is 17.7 Å². The van der Waals surface area contributed by atoms with Crippen molar-refractivity contribution in [3.63, 3.8) is 0 Å². The van der Waals surface area contributed by atoms with Gasteiger partial charge in [0.1, 0.15) is 5.75 Å². The minimum atomic E-state index is -0.501. The fraction of sp³-hybridized carbons (Fsp3) is 0.462. The molecule has 2 atom stereocenters. The topological polar surface area (TPSA) is 70.6 Å². The summed E-state index contributed by atoms with van der Waals surface area (Å²) in [4.78, 5) is 11.8. The molecule has 1 fully saturated rings. The summed E-state index contributed by atoms with van der Waals surface area (Å²) in [5, 5.41) is 15.4. The van der Waals surface area contributed by atoms with Crippen LogP contribution in [0, 0.1) is 0 Å². The molecule has 18 heavy (non-hydrogen) atoms. The highest BCUT2D eigenvalue weighted by atomic mass is 16.5. The summed E-state index contributed by atoms with van der Waals surface area (Å²) in [6.45, 7) is 1.15. The van der Waals surface area contributed by atoms with E-state index in [2.05, 4.69) is 10.6 Å². The summed E-state index contributed by atoms with van der Waals surface area (Å²) < 4.78 is 5.11. The molecule has 0 aromatic heterocycles.